The van der Waals surface area contributed by atoms with Crippen LogP contribution in [0.5, 0.6) is 0 Å². The molecular formula is C20H34IN5O2. The molecule has 2 bridgehead atoms. The third-order valence-electron chi connectivity index (χ3n) is 5.71. The Labute approximate surface area is 185 Å². The van der Waals surface area contributed by atoms with Crippen LogP contribution in [0.4, 0.5) is 0 Å². The lowest BCUT2D eigenvalue weighted by Crippen LogP contribution is -2.45. The fourth-order valence-corrected chi connectivity index (χ4v) is 4.47. The van der Waals surface area contributed by atoms with Crippen molar-refractivity contribution in [2.24, 2.45) is 28.7 Å². The van der Waals surface area contributed by atoms with Gasteiger partial charge in [0.2, 0.25) is 11.8 Å². The van der Waals surface area contributed by atoms with E-state index in [2.05, 4.69) is 53.9 Å². The second-order valence-corrected chi connectivity index (χ2v) is 8.78. The minimum atomic E-state index is -0.0924. The number of amides is 2. The summed E-state index contributed by atoms with van der Waals surface area (Å²) in [5, 5.41) is 9.93. The van der Waals surface area contributed by atoms with E-state index in [1.807, 2.05) is 0 Å². The maximum atomic E-state index is 12.6. The molecule has 0 aromatic heterocycles. The number of hydrogen-bond donors (Lipinski definition) is 3. The van der Waals surface area contributed by atoms with Gasteiger partial charge in [0.1, 0.15) is 0 Å². The monoisotopic (exact) mass is 503 g/mol. The number of nitrogens with one attached hydrogen (secondary N) is 3. The predicted molar refractivity (Wildman–Crippen MR) is 122 cm³/mol. The minimum Gasteiger partial charge on any atom is -0.356 e. The summed E-state index contributed by atoms with van der Waals surface area (Å²) in [7, 11) is 1.74. The van der Waals surface area contributed by atoms with Crippen LogP contribution in [0.1, 0.15) is 33.6 Å². The van der Waals surface area contributed by atoms with E-state index in [1.54, 1.807) is 7.05 Å². The molecule has 4 atom stereocenters. The van der Waals surface area contributed by atoms with Gasteiger partial charge < -0.3 is 16.0 Å². The maximum absolute atomic E-state index is 12.6. The lowest BCUT2D eigenvalue weighted by Gasteiger charge is -2.21. The number of hydrogen-bond acceptors (Lipinski definition) is 4. The zero-order chi connectivity index (χ0) is 19.6. The molecule has 0 spiro atoms. The average molecular weight is 503 g/mol. The normalized spacial score (nSPS) is 28.6. The highest BCUT2D eigenvalue weighted by Gasteiger charge is 2.58. The van der Waals surface area contributed by atoms with Crippen molar-refractivity contribution >= 4 is 41.8 Å². The van der Waals surface area contributed by atoms with E-state index in [9.17, 15) is 9.59 Å². The van der Waals surface area contributed by atoms with Crippen LogP contribution in [0.3, 0.4) is 0 Å². The Bertz CT molecular complexity index is 613. The van der Waals surface area contributed by atoms with Gasteiger partial charge in [-0.3, -0.25) is 19.5 Å². The first kappa shape index (κ1) is 23.1. The molecule has 0 aromatic rings. The fourth-order valence-electron chi connectivity index (χ4n) is 4.47. The maximum Gasteiger partial charge on any atom is 0.233 e. The molecule has 28 heavy (non-hydrogen) atoms. The van der Waals surface area contributed by atoms with Gasteiger partial charge in [-0.1, -0.05) is 12.2 Å². The first-order chi connectivity index (χ1) is 12.8. The number of allylic oxidation sites excluding steroid dienone is 2. The largest absolute Gasteiger partial charge is 0.356 e. The highest BCUT2D eigenvalue weighted by molar-refractivity contribution is 14.0. The zero-order valence-electron chi connectivity index (χ0n) is 17.3. The molecule has 2 amide bonds. The van der Waals surface area contributed by atoms with Crippen LogP contribution in [-0.2, 0) is 9.59 Å². The molecule has 1 saturated carbocycles. The van der Waals surface area contributed by atoms with Crippen LogP contribution in [0.25, 0.3) is 0 Å². The van der Waals surface area contributed by atoms with Crippen LogP contribution in [0, 0.1) is 23.7 Å². The van der Waals surface area contributed by atoms with Crippen molar-refractivity contribution in [2.45, 2.75) is 39.2 Å². The highest BCUT2D eigenvalue weighted by Crippen LogP contribution is 2.52. The van der Waals surface area contributed by atoms with Crippen molar-refractivity contribution in [3.05, 3.63) is 12.2 Å². The van der Waals surface area contributed by atoms with E-state index >= 15 is 0 Å². The van der Waals surface area contributed by atoms with Gasteiger partial charge in [0, 0.05) is 38.8 Å². The third kappa shape index (κ3) is 5.06. The summed E-state index contributed by atoms with van der Waals surface area (Å²) in [5.74, 6) is 1.20. The molecule has 3 N–H and O–H groups in total. The third-order valence-corrected chi connectivity index (χ3v) is 5.71. The predicted octanol–water partition coefficient (Wildman–Crippen LogP) is 1.35. The standard InChI is InChI=1S/C20H33N5O2.HI/c1-20(2,3)24-10-9-23-19(21-4)22-8-5-11-25-17(26)15-13-6-7-14(12-13)16(15)18(25)27;/h6-7,13-16,24H,5,8-12H2,1-4H3,(H2,21,22,23);1H. The van der Waals surface area contributed by atoms with Gasteiger partial charge in [-0.05, 0) is 45.4 Å². The molecule has 0 radical (unpaired) electrons. The van der Waals surface area contributed by atoms with Crippen molar-refractivity contribution in [3.63, 3.8) is 0 Å². The van der Waals surface area contributed by atoms with Gasteiger partial charge in [0.25, 0.3) is 0 Å². The van der Waals surface area contributed by atoms with Crippen LogP contribution >= 0.6 is 24.0 Å². The van der Waals surface area contributed by atoms with Gasteiger partial charge in [-0.25, -0.2) is 0 Å². The quantitative estimate of drug-likeness (QED) is 0.122. The Hall–Kier alpha value is -1.16. The Morgan fingerprint density at radius 3 is 2.18 bits per heavy atom. The van der Waals surface area contributed by atoms with Crippen molar-refractivity contribution in [3.8, 4) is 0 Å². The lowest BCUT2D eigenvalue weighted by atomic mass is 9.85. The number of rotatable bonds is 7. The van der Waals surface area contributed by atoms with Crippen molar-refractivity contribution in [1.82, 2.24) is 20.9 Å². The topological polar surface area (TPSA) is 85.8 Å². The molecule has 1 aliphatic heterocycles. The summed E-state index contributed by atoms with van der Waals surface area (Å²) in [6.07, 6.45) is 5.97. The van der Waals surface area contributed by atoms with Crippen molar-refractivity contribution in [1.29, 1.82) is 0 Å². The van der Waals surface area contributed by atoms with Crippen LogP contribution in [-0.4, -0.2) is 61.4 Å². The fraction of sp³-hybridized carbons (Fsp3) is 0.750. The number of aliphatic imine (C=N–C) groups is 1. The second-order valence-electron chi connectivity index (χ2n) is 8.78. The van der Waals surface area contributed by atoms with Crippen LogP contribution < -0.4 is 16.0 Å². The molecule has 1 saturated heterocycles. The Morgan fingerprint density at radius 1 is 1.07 bits per heavy atom. The van der Waals surface area contributed by atoms with E-state index in [-0.39, 0.29) is 65.0 Å². The molecule has 4 unspecified atom stereocenters. The van der Waals surface area contributed by atoms with Gasteiger partial charge >= 0.3 is 0 Å². The molecule has 7 nitrogen and oxygen atoms in total. The molecule has 158 valence electrons. The number of nitrogens with zero attached hydrogens (tertiary/aromatic N) is 2. The number of halogens is 1. The summed E-state index contributed by atoms with van der Waals surface area (Å²) >= 11 is 0. The number of imide groups is 1. The first-order valence-electron chi connectivity index (χ1n) is 10.0. The molecule has 1 heterocycles. The van der Waals surface area contributed by atoms with E-state index < -0.39 is 0 Å². The van der Waals surface area contributed by atoms with E-state index in [0.717, 1.165) is 31.9 Å². The Kier molecular flexibility index (Phi) is 7.89. The summed E-state index contributed by atoms with van der Waals surface area (Å²) in [5.41, 5.74) is 0.0979. The Balaban J connectivity index is 0.00000280. The molecular weight excluding hydrogens is 469 g/mol. The number of fused-ring (bicyclic) bond motifs is 5. The van der Waals surface area contributed by atoms with E-state index in [4.69, 9.17) is 0 Å². The minimum absolute atomic E-state index is 0. The summed E-state index contributed by atoms with van der Waals surface area (Å²) in [6, 6.07) is 0. The van der Waals surface area contributed by atoms with Gasteiger partial charge in [-0.2, -0.15) is 0 Å². The van der Waals surface area contributed by atoms with Crippen molar-refractivity contribution in [2.75, 3.05) is 33.2 Å². The SMILES string of the molecule is CN=C(NCCCN1C(=O)C2C3C=CC(C3)C2C1=O)NCCNC(C)(C)C.I. The smallest absolute Gasteiger partial charge is 0.233 e. The first-order valence-corrected chi connectivity index (χ1v) is 10.0. The number of carbonyl (C=O) groups is 2. The molecule has 0 aromatic carbocycles. The molecule has 2 fully saturated rings. The van der Waals surface area contributed by atoms with Gasteiger partial charge in [0.15, 0.2) is 5.96 Å². The van der Waals surface area contributed by atoms with E-state index in [1.165, 1.54) is 4.90 Å². The molecule has 3 aliphatic rings. The van der Waals surface area contributed by atoms with E-state index in [0.29, 0.717) is 13.1 Å². The summed E-state index contributed by atoms with van der Waals surface area (Å²) in [4.78, 5) is 31.0. The van der Waals surface area contributed by atoms with Gasteiger partial charge in [0.05, 0.1) is 11.8 Å². The van der Waals surface area contributed by atoms with Crippen molar-refractivity contribution < 1.29 is 9.59 Å². The second kappa shape index (κ2) is 9.56. The number of guanidine groups is 1. The lowest BCUT2D eigenvalue weighted by molar-refractivity contribution is -0.140. The Morgan fingerprint density at radius 2 is 1.64 bits per heavy atom. The van der Waals surface area contributed by atoms with Gasteiger partial charge in [-0.15, -0.1) is 24.0 Å². The molecule has 3 rings (SSSR count). The summed E-state index contributed by atoms with van der Waals surface area (Å²) < 4.78 is 0. The van der Waals surface area contributed by atoms with Crippen LogP contribution in [0.15, 0.2) is 17.1 Å². The number of carbonyl (C=O) groups excluding carboxylic acids is 2. The zero-order valence-corrected chi connectivity index (χ0v) is 19.7. The number of likely N-dealkylation sites (tertiary alicyclic amines) is 1. The summed E-state index contributed by atoms with van der Waals surface area (Å²) in [6.45, 7) is 9.19. The van der Waals surface area contributed by atoms with Crippen LogP contribution in [0.2, 0.25) is 0 Å². The highest BCUT2D eigenvalue weighted by atomic mass is 127. The average Bonchev–Trinajstić information content (AvgIpc) is 3.28. The molecule has 2 aliphatic carbocycles. The molecule has 8 heteroatoms.